The number of nitro groups is 1. The van der Waals surface area contributed by atoms with Crippen molar-refractivity contribution in [3.8, 4) is 0 Å². The number of rotatable bonds is 5. The zero-order valence-corrected chi connectivity index (χ0v) is 13.1. The number of sulfone groups is 1. The van der Waals surface area contributed by atoms with Gasteiger partial charge in [0.15, 0.2) is 9.84 Å². The quantitative estimate of drug-likeness (QED) is 0.654. The van der Waals surface area contributed by atoms with Crippen LogP contribution in [0, 0.1) is 10.1 Å². The van der Waals surface area contributed by atoms with E-state index in [0.29, 0.717) is 16.0 Å². The highest BCUT2D eigenvalue weighted by molar-refractivity contribution is 7.99. The Hall–Kier alpha value is -1.94. The molecule has 22 heavy (non-hydrogen) atoms. The molecule has 0 spiro atoms. The molecule has 1 aliphatic rings. The van der Waals surface area contributed by atoms with Gasteiger partial charge < -0.3 is 0 Å². The second-order valence-corrected chi connectivity index (χ2v) is 8.06. The minimum absolute atomic E-state index is 0.0859. The Labute approximate surface area is 130 Å². The summed E-state index contributed by atoms with van der Waals surface area (Å²) >= 11 is 1.04. The molecule has 1 saturated carbocycles. The van der Waals surface area contributed by atoms with Gasteiger partial charge in [-0.15, -0.1) is 5.10 Å². The predicted octanol–water partition coefficient (Wildman–Crippen LogP) is 2.15. The first-order valence-electron chi connectivity index (χ1n) is 6.43. The lowest BCUT2D eigenvalue weighted by atomic mass is 10.3. The zero-order valence-electron chi connectivity index (χ0n) is 11.5. The number of nitro benzene ring substituents is 1. The van der Waals surface area contributed by atoms with Crippen molar-refractivity contribution in [1.82, 2.24) is 15.2 Å². The van der Waals surface area contributed by atoms with E-state index in [0.717, 1.165) is 42.8 Å². The van der Waals surface area contributed by atoms with Crippen LogP contribution in [0.1, 0.15) is 24.6 Å². The van der Waals surface area contributed by atoms with Crippen molar-refractivity contribution < 1.29 is 13.3 Å². The first kappa shape index (κ1) is 15.0. The van der Waals surface area contributed by atoms with Crippen LogP contribution in [0.4, 0.5) is 5.69 Å². The van der Waals surface area contributed by atoms with Crippen LogP contribution >= 0.6 is 11.8 Å². The van der Waals surface area contributed by atoms with E-state index in [4.69, 9.17) is 0 Å². The summed E-state index contributed by atoms with van der Waals surface area (Å²) in [5, 5.41) is 18.4. The van der Waals surface area contributed by atoms with Crippen LogP contribution in [0.5, 0.6) is 0 Å². The molecule has 0 bridgehead atoms. The molecule has 1 aliphatic carbocycles. The molecule has 2 aromatic rings. The van der Waals surface area contributed by atoms with E-state index in [2.05, 4.69) is 15.2 Å². The van der Waals surface area contributed by atoms with Crippen LogP contribution in [0.3, 0.4) is 0 Å². The van der Waals surface area contributed by atoms with E-state index in [1.165, 1.54) is 12.1 Å². The number of aromatic amines is 1. The second kappa shape index (κ2) is 5.36. The fourth-order valence-electron chi connectivity index (χ4n) is 1.90. The summed E-state index contributed by atoms with van der Waals surface area (Å²) in [6.07, 6.45) is 3.15. The van der Waals surface area contributed by atoms with Crippen molar-refractivity contribution in [3.05, 3.63) is 34.1 Å². The number of aromatic nitrogens is 3. The highest BCUT2D eigenvalue weighted by Crippen LogP contribution is 2.40. The van der Waals surface area contributed by atoms with Gasteiger partial charge in [0.05, 0.1) is 14.7 Å². The van der Waals surface area contributed by atoms with E-state index < -0.39 is 14.8 Å². The van der Waals surface area contributed by atoms with Crippen molar-refractivity contribution in [3.63, 3.8) is 0 Å². The van der Waals surface area contributed by atoms with Gasteiger partial charge in [-0.1, -0.05) is 0 Å². The van der Waals surface area contributed by atoms with Crippen LogP contribution in [0.2, 0.25) is 0 Å². The Kier molecular flexibility index (Phi) is 3.65. The molecule has 3 rings (SSSR count). The average Bonchev–Trinajstić information content (AvgIpc) is 3.18. The predicted molar refractivity (Wildman–Crippen MR) is 78.7 cm³/mol. The largest absolute Gasteiger partial charge is 0.284 e. The highest BCUT2D eigenvalue weighted by Gasteiger charge is 2.28. The average molecular weight is 340 g/mol. The van der Waals surface area contributed by atoms with E-state index in [9.17, 15) is 18.5 Å². The smallest absolute Gasteiger partial charge is 0.262 e. The van der Waals surface area contributed by atoms with E-state index in [1.54, 1.807) is 0 Å². The SMILES string of the molecule is CS(=O)(=O)c1ccc(Sc2n[nH]c(C3CC3)n2)c([N+](=O)[O-])c1. The molecule has 0 aliphatic heterocycles. The van der Waals surface area contributed by atoms with Gasteiger partial charge >= 0.3 is 0 Å². The molecule has 8 nitrogen and oxygen atoms in total. The molecule has 0 radical (unpaired) electrons. The third-order valence-corrected chi connectivity index (χ3v) is 5.24. The van der Waals surface area contributed by atoms with Crippen molar-refractivity contribution in [1.29, 1.82) is 0 Å². The number of hydrogen-bond donors (Lipinski definition) is 1. The van der Waals surface area contributed by atoms with Crippen molar-refractivity contribution in [2.75, 3.05) is 6.26 Å². The Bertz CT molecular complexity index is 843. The third kappa shape index (κ3) is 3.12. The summed E-state index contributed by atoms with van der Waals surface area (Å²) in [5.41, 5.74) is -0.273. The Balaban J connectivity index is 1.93. The van der Waals surface area contributed by atoms with Crippen LogP contribution in [0.15, 0.2) is 33.1 Å². The lowest BCUT2D eigenvalue weighted by Gasteiger charge is -2.02. The van der Waals surface area contributed by atoms with Crippen molar-refractivity contribution >= 4 is 27.3 Å². The van der Waals surface area contributed by atoms with E-state index in [-0.39, 0.29) is 10.6 Å². The van der Waals surface area contributed by atoms with Gasteiger partial charge in [0.2, 0.25) is 5.16 Å². The molecule has 1 N–H and O–H groups in total. The molecule has 0 amide bonds. The zero-order chi connectivity index (χ0) is 15.9. The molecular formula is C12H12N4O4S2. The summed E-state index contributed by atoms with van der Waals surface area (Å²) < 4.78 is 23.0. The van der Waals surface area contributed by atoms with Gasteiger partial charge in [0, 0.05) is 18.2 Å². The summed E-state index contributed by atoms with van der Waals surface area (Å²) in [7, 11) is -3.50. The maximum Gasteiger partial charge on any atom is 0.284 e. The standard InChI is InChI=1S/C12H12N4O4S2/c1-22(19,20)8-4-5-10(9(6-8)16(17)18)21-12-13-11(14-15-12)7-2-3-7/h4-7H,2-3H2,1H3,(H,13,14,15). The van der Waals surface area contributed by atoms with E-state index >= 15 is 0 Å². The Morgan fingerprint density at radius 1 is 1.41 bits per heavy atom. The van der Waals surface area contributed by atoms with Gasteiger partial charge in [-0.25, -0.2) is 13.4 Å². The fourth-order valence-corrected chi connectivity index (χ4v) is 3.35. The van der Waals surface area contributed by atoms with Gasteiger partial charge in [-0.3, -0.25) is 15.2 Å². The summed E-state index contributed by atoms with van der Waals surface area (Å²) in [6.45, 7) is 0. The summed E-state index contributed by atoms with van der Waals surface area (Å²) in [4.78, 5) is 15.1. The molecule has 1 aromatic carbocycles. The first-order valence-corrected chi connectivity index (χ1v) is 9.14. The van der Waals surface area contributed by atoms with Gasteiger partial charge in [-0.05, 0) is 36.7 Å². The van der Waals surface area contributed by atoms with Gasteiger partial charge in [0.1, 0.15) is 5.82 Å². The molecule has 1 heterocycles. The van der Waals surface area contributed by atoms with Crippen molar-refractivity contribution in [2.45, 2.75) is 33.7 Å². The monoisotopic (exact) mass is 340 g/mol. The maximum atomic E-state index is 11.5. The summed E-state index contributed by atoms with van der Waals surface area (Å²) in [5.74, 6) is 1.20. The molecule has 0 saturated heterocycles. The lowest BCUT2D eigenvalue weighted by Crippen LogP contribution is -1.99. The second-order valence-electron chi connectivity index (χ2n) is 5.04. The fraction of sp³-hybridized carbons (Fsp3) is 0.333. The molecule has 10 heteroatoms. The number of nitrogens with zero attached hydrogens (tertiary/aromatic N) is 3. The molecule has 116 valence electrons. The molecule has 0 atom stereocenters. The molecular weight excluding hydrogens is 328 g/mol. The molecule has 0 unspecified atom stereocenters. The van der Waals surface area contributed by atoms with Gasteiger partial charge in [0.25, 0.3) is 5.69 Å². The third-order valence-electron chi connectivity index (χ3n) is 3.20. The number of nitrogens with one attached hydrogen (secondary N) is 1. The number of hydrogen-bond acceptors (Lipinski definition) is 7. The highest BCUT2D eigenvalue weighted by atomic mass is 32.2. The minimum atomic E-state index is -3.50. The number of benzene rings is 1. The molecule has 1 fully saturated rings. The molecule has 1 aromatic heterocycles. The summed E-state index contributed by atoms with van der Waals surface area (Å²) in [6, 6.07) is 3.82. The van der Waals surface area contributed by atoms with Crippen LogP contribution in [-0.4, -0.2) is 34.8 Å². The van der Waals surface area contributed by atoms with Crippen LogP contribution in [0.25, 0.3) is 0 Å². The number of H-pyrrole nitrogens is 1. The van der Waals surface area contributed by atoms with Crippen LogP contribution < -0.4 is 0 Å². The Morgan fingerprint density at radius 2 is 2.14 bits per heavy atom. The van der Waals surface area contributed by atoms with Crippen molar-refractivity contribution in [2.24, 2.45) is 0 Å². The van der Waals surface area contributed by atoms with E-state index in [1.807, 2.05) is 0 Å². The van der Waals surface area contributed by atoms with Gasteiger partial charge in [-0.2, -0.15) is 0 Å². The lowest BCUT2D eigenvalue weighted by molar-refractivity contribution is -0.388. The maximum absolute atomic E-state index is 11.5. The Morgan fingerprint density at radius 3 is 2.73 bits per heavy atom. The van der Waals surface area contributed by atoms with Crippen LogP contribution in [-0.2, 0) is 9.84 Å². The first-order chi connectivity index (χ1) is 10.3. The topological polar surface area (TPSA) is 119 Å². The normalized spacial score (nSPS) is 15.0. The minimum Gasteiger partial charge on any atom is -0.262 e.